The lowest BCUT2D eigenvalue weighted by atomic mass is 10.1. The summed E-state index contributed by atoms with van der Waals surface area (Å²) in [6.45, 7) is 2.74. The number of hydrogen-bond donors (Lipinski definition) is 1. The first-order valence-corrected chi connectivity index (χ1v) is 7.93. The smallest absolute Gasteiger partial charge is 0.189 e. The quantitative estimate of drug-likeness (QED) is 0.863. The number of fused-ring (bicyclic) bond motifs is 1. The van der Waals surface area contributed by atoms with Crippen LogP contribution in [0, 0.1) is 0 Å². The third-order valence-electron chi connectivity index (χ3n) is 3.57. The van der Waals surface area contributed by atoms with E-state index in [1.807, 2.05) is 23.5 Å². The van der Waals surface area contributed by atoms with Gasteiger partial charge in [0.15, 0.2) is 6.79 Å². The minimum Gasteiger partial charge on any atom is -0.467 e. The van der Waals surface area contributed by atoms with Crippen molar-refractivity contribution in [3.05, 3.63) is 45.6 Å². The summed E-state index contributed by atoms with van der Waals surface area (Å²) >= 11 is 1.81. The molecule has 0 bridgehead atoms. The SMILES string of the molecule is CN(CCc1cccs1)Cc1cc(N)cc2c1OCOC2. The van der Waals surface area contributed by atoms with Crippen LogP contribution >= 0.6 is 11.3 Å². The molecular formula is C16H20N2O2S. The van der Waals surface area contributed by atoms with E-state index in [-0.39, 0.29) is 0 Å². The van der Waals surface area contributed by atoms with Gasteiger partial charge in [0, 0.05) is 34.8 Å². The lowest BCUT2D eigenvalue weighted by Gasteiger charge is -2.24. The van der Waals surface area contributed by atoms with Gasteiger partial charge in [-0.05, 0) is 37.0 Å². The first-order chi connectivity index (χ1) is 10.2. The maximum Gasteiger partial charge on any atom is 0.189 e. The summed E-state index contributed by atoms with van der Waals surface area (Å²) in [5.41, 5.74) is 8.93. The summed E-state index contributed by atoms with van der Waals surface area (Å²) in [6.07, 6.45) is 1.07. The summed E-state index contributed by atoms with van der Waals surface area (Å²) in [5, 5.41) is 2.12. The molecule has 0 unspecified atom stereocenters. The standard InChI is InChI=1S/C16H20N2O2S/c1-18(5-4-15-3-2-6-21-15)9-12-7-14(17)8-13-10-19-11-20-16(12)13/h2-3,6-8H,4-5,9-11,17H2,1H3. The number of benzene rings is 1. The molecular weight excluding hydrogens is 284 g/mol. The van der Waals surface area contributed by atoms with Gasteiger partial charge in [-0.2, -0.15) is 0 Å². The van der Waals surface area contributed by atoms with E-state index in [1.165, 1.54) is 4.88 Å². The Morgan fingerprint density at radius 2 is 2.29 bits per heavy atom. The Morgan fingerprint density at radius 1 is 1.38 bits per heavy atom. The van der Waals surface area contributed by atoms with Crippen molar-refractivity contribution in [2.75, 3.05) is 26.1 Å². The molecule has 21 heavy (non-hydrogen) atoms. The van der Waals surface area contributed by atoms with Crippen LogP contribution in [0.15, 0.2) is 29.6 Å². The highest BCUT2D eigenvalue weighted by atomic mass is 32.1. The van der Waals surface area contributed by atoms with Crippen molar-refractivity contribution in [2.45, 2.75) is 19.6 Å². The van der Waals surface area contributed by atoms with Gasteiger partial charge in [-0.3, -0.25) is 0 Å². The molecule has 2 N–H and O–H groups in total. The number of rotatable bonds is 5. The molecule has 0 spiro atoms. The van der Waals surface area contributed by atoms with E-state index in [2.05, 4.69) is 29.5 Å². The number of nitrogens with two attached hydrogens (primary N) is 1. The molecule has 0 aliphatic carbocycles. The van der Waals surface area contributed by atoms with Crippen molar-refractivity contribution in [3.8, 4) is 5.75 Å². The van der Waals surface area contributed by atoms with Gasteiger partial charge < -0.3 is 20.1 Å². The minimum absolute atomic E-state index is 0.322. The van der Waals surface area contributed by atoms with Crippen LogP contribution in [-0.4, -0.2) is 25.3 Å². The molecule has 112 valence electrons. The van der Waals surface area contributed by atoms with Gasteiger partial charge in [0.25, 0.3) is 0 Å². The molecule has 4 nitrogen and oxygen atoms in total. The van der Waals surface area contributed by atoms with Crippen LogP contribution in [0.2, 0.25) is 0 Å². The van der Waals surface area contributed by atoms with E-state index >= 15 is 0 Å². The van der Waals surface area contributed by atoms with Crippen LogP contribution in [0.3, 0.4) is 0 Å². The first-order valence-electron chi connectivity index (χ1n) is 7.05. The van der Waals surface area contributed by atoms with Crippen LogP contribution in [-0.2, 0) is 24.3 Å². The van der Waals surface area contributed by atoms with Gasteiger partial charge >= 0.3 is 0 Å². The van der Waals surface area contributed by atoms with E-state index < -0.39 is 0 Å². The van der Waals surface area contributed by atoms with Crippen LogP contribution in [0.4, 0.5) is 5.69 Å². The van der Waals surface area contributed by atoms with Crippen molar-refractivity contribution >= 4 is 17.0 Å². The summed E-state index contributed by atoms with van der Waals surface area (Å²) < 4.78 is 11.0. The largest absolute Gasteiger partial charge is 0.467 e. The van der Waals surface area contributed by atoms with Crippen molar-refractivity contribution < 1.29 is 9.47 Å². The molecule has 1 aromatic heterocycles. The van der Waals surface area contributed by atoms with E-state index in [1.54, 1.807) is 0 Å². The van der Waals surface area contributed by atoms with Gasteiger partial charge in [-0.1, -0.05) is 6.07 Å². The molecule has 1 aliphatic heterocycles. The van der Waals surface area contributed by atoms with E-state index in [9.17, 15) is 0 Å². The predicted molar refractivity (Wildman–Crippen MR) is 85.5 cm³/mol. The van der Waals surface area contributed by atoms with Gasteiger partial charge in [-0.25, -0.2) is 0 Å². The van der Waals surface area contributed by atoms with Crippen molar-refractivity contribution in [2.24, 2.45) is 0 Å². The van der Waals surface area contributed by atoms with Gasteiger partial charge in [0.05, 0.1) is 6.61 Å². The third-order valence-corrected chi connectivity index (χ3v) is 4.51. The zero-order valence-electron chi connectivity index (χ0n) is 12.2. The number of likely N-dealkylation sites (N-methyl/N-ethyl adjacent to an activating group) is 1. The van der Waals surface area contributed by atoms with Crippen LogP contribution < -0.4 is 10.5 Å². The van der Waals surface area contributed by atoms with Crippen LogP contribution in [0.25, 0.3) is 0 Å². The van der Waals surface area contributed by atoms with Gasteiger partial charge in [0.1, 0.15) is 5.75 Å². The normalized spacial score (nSPS) is 14.0. The van der Waals surface area contributed by atoms with E-state index in [0.29, 0.717) is 13.4 Å². The minimum atomic E-state index is 0.322. The molecule has 0 saturated heterocycles. The topological polar surface area (TPSA) is 47.7 Å². The summed E-state index contributed by atoms with van der Waals surface area (Å²) in [6, 6.07) is 8.22. The van der Waals surface area contributed by atoms with E-state index in [0.717, 1.165) is 42.1 Å². The highest BCUT2D eigenvalue weighted by molar-refractivity contribution is 7.09. The predicted octanol–water partition coefficient (Wildman–Crippen LogP) is 2.87. The van der Waals surface area contributed by atoms with Crippen molar-refractivity contribution in [1.29, 1.82) is 0 Å². The van der Waals surface area contributed by atoms with Gasteiger partial charge in [0.2, 0.25) is 0 Å². The first kappa shape index (κ1) is 14.4. The van der Waals surface area contributed by atoms with Crippen LogP contribution in [0.5, 0.6) is 5.75 Å². The molecule has 5 heteroatoms. The Labute approximate surface area is 129 Å². The molecule has 0 saturated carbocycles. The lowest BCUT2D eigenvalue weighted by molar-refractivity contribution is -0.0173. The Hall–Kier alpha value is -1.56. The fourth-order valence-corrected chi connectivity index (χ4v) is 3.27. The second-order valence-corrected chi connectivity index (χ2v) is 6.38. The van der Waals surface area contributed by atoms with Crippen molar-refractivity contribution in [3.63, 3.8) is 0 Å². The molecule has 2 heterocycles. The summed E-state index contributed by atoms with van der Waals surface area (Å²) in [7, 11) is 2.13. The Morgan fingerprint density at radius 3 is 3.10 bits per heavy atom. The number of hydrogen-bond acceptors (Lipinski definition) is 5. The van der Waals surface area contributed by atoms with E-state index in [4.69, 9.17) is 15.2 Å². The molecule has 3 rings (SSSR count). The van der Waals surface area contributed by atoms with Crippen LogP contribution in [0.1, 0.15) is 16.0 Å². The Kier molecular flexibility index (Phi) is 4.43. The third kappa shape index (κ3) is 3.56. The zero-order valence-corrected chi connectivity index (χ0v) is 13.0. The monoisotopic (exact) mass is 304 g/mol. The average molecular weight is 304 g/mol. The highest BCUT2D eigenvalue weighted by Crippen LogP contribution is 2.31. The summed E-state index contributed by atoms with van der Waals surface area (Å²) in [4.78, 5) is 3.72. The average Bonchev–Trinajstić information content (AvgIpc) is 2.98. The number of ether oxygens (including phenoxy) is 2. The fourth-order valence-electron chi connectivity index (χ4n) is 2.57. The molecule has 1 aromatic carbocycles. The van der Waals surface area contributed by atoms with Gasteiger partial charge in [-0.15, -0.1) is 11.3 Å². The second-order valence-electron chi connectivity index (χ2n) is 5.35. The molecule has 0 atom stereocenters. The lowest BCUT2D eigenvalue weighted by Crippen LogP contribution is -2.22. The highest BCUT2D eigenvalue weighted by Gasteiger charge is 2.17. The molecule has 0 fully saturated rings. The molecule has 2 aromatic rings. The maximum atomic E-state index is 5.98. The number of nitrogen functional groups attached to an aromatic ring is 1. The molecule has 1 aliphatic rings. The number of anilines is 1. The molecule has 0 amide bonds. The van der Waals surface area contributed by atoms with Crippen molar-refractivity contribution in [1.82, 2.24) is 4.90 Å². The zero-order chi connectivity index (χ0) is 14.7. The fraction of sp³-hybridized carbons (Fsp3) is 0.375. The number of nitrogens with zero attached hydrogens (tertiary/aromatic N) is 1. The second kappa shape index (κ2) is 6.47. The molecule has 0 radical (unpaired) electrons. The number of thiophene rings is 1. The maximum absolute atomic E-state index is 5.98. The summed E-state index contributed by atoms with van der Waals surface area (Å²) in [5.74, 6) is 0.943. The Bertz CT molecular complexity index is 599. The Balaban J connectivity index is 1.67.